The number of halogens is 3. The number of nitro groups is 1. The molecule has 6 nitrogen and oxygen atoms in total. The van der Waals surface area contributed by atoms with Gasteiger partial charge in [0.15, 0.2) is 5.66 Å². The van der Waals surface area contributed by atoms with Crippen LogP contribution in [0, 0.1) is 10.1 Å². The lowest BCUT2D eigenvalue weighted by molar-refractivity contribution is -0.435. The molecule has 6 N–H and O–H groups in total. The Morgan fingerprint density at radius 1 is 1.44 bits per heavy atom. The first kappa shape index (κ1) is 12.6. The van der Waals surface area contributed by atoms with Crippen LogP contribution in [0.3, 0.4) is 0 Å². The highest BCUT2D eigenvalue weighted by atomic mass is 19.4. The van der Waals surface area contributed by atoms with Gasteiger partial charge in [0.05, 0.1) is 16.5 Å². The van der Waals surface area contributed by atoms with Crippen LogP contribution in [0.15, 0.2) is 23.4 Å². The Kier molecular flexibility index (Phi) is 2.79. The zero-order chi connectivity index (χ0) is 12.7. The molecule has 1 aliphatic carbocycles. The van der Waals surface area contributed by atoms with E-state index in [0.29, 0.717) is 12.2 Å². The summed E-state index contributed by atoms with van der Waals surface area (Å²) in [5.74, 6) is 0. The molecule has 1 aliphatic rings. The predicted molar refractivity (Wildman–Crippen MR) is 48.3 cm³/mol. The second-order valence-electron chi connectivity index (χ2n) is 3.37. The Bertz CT molecular complexity index is 386. The van der Waals surface area contributed by atoms with E-state index < -0.39 is 34.1 Å². The maximum absolute atomic E-state index is 12.3. The van der Waals surface area contributed by atoms with Crippen LogP contribution in [0.4, 0.5) is 13.2 Å². The van der Waals surface area contributed by atoms with Gasteiger partial charge in [-0.15, -0.1) is 0 Å². The minimum Gasteiger partial charge on any atom is -0.321 e. The highest BCUT2D eigenvalue weighted by Crippen LogP contribution is 2.32. The molecule has 0 aromatic heterocycles. The van der Waals surface area contributed by atoms with Crippen molar-refractivity contribution in [3.63, 3.8) is 0 Å². The second kappa shape index (κ2) is 3.54. The standard InChI is InChI=1S/C7H9F3N4O2/c8-7(9,10)3-1-4(11)6(12,13)5(2-3)14(15)16/h1-2,4H,11-13H2. The van der Waals surface area contributed by atoms with Crippen LogP contribution >= 0.6 is 0 Å². The van der Waals surface area contributed by atoms with E-state index in [4.69, 9.17) is 17.2 Å². The van der Waals surface area contributed by atoms with E-state index in [9.17, 15) is 23.3 Å². The number of alkyl halides is 3. The minimum atomic E-state index is -4.73. The molecule has 0 amide bonds. The predicted octanol–water partition coefficient (Wildman–Crippen LogP) is -0.410. The summed E-state index contributed by atoms with van der Waals surface area (Å²) in [6.07, 6.45) is -3.87. The minimum absolute atomic E-state index is 0.295. The zero-order valence-corrected chi connectivity index (χ0v) is 7.86. The molecule has 90 valence electrons. The summed E-state index contributed by atoms with van der Waals surface area (Å²) in [7, 11) is 0. The first-order chi connectivity index (χ1) is 7.06. The van der Waals surface area contributed by atoms with E-state index in [1.54, 1.807) is 0 Å². The van der Waals surface area contributed by atoms with Crippen molar-refractivity contribution < 1.29 is 18.1 Å². The van der Waals surface area contributed by atoms with Gasteiger partial charge in [-0.3, -0.25) is 10.1 Å². The molecule has 0 heterocycles. The van der Waals surface area contributed by atoms with Gasteiger partial charge in [-0.1, -0.05) is 6.08 Å². The average Bonchev–Trinajstić information content (AvgIpc) is 2.06. The smallest absolute Gasteiger partial charge is 0.321 e. The summed E-state index contributed by atoms with van der Waals surface area (Å²) in [6, 6.07) is -1.48. The van der Waals surface area contributed by atoms with E-state index in [2.05, 4.69) is 0 Å². The first-order valence-corrected chi connectivity index (χ1v) is 4.05. The van der Waals surface area contributed by atoms with Gasteiger partial charge >= 0.3 is 6.18 Å². The molecular weight excluding hydrogens is 229 g/mol. The molecule has 0 fully saturated rings. The highest BCUT2D eigenvalue weighted by molar-refractivity contribution is 5.38. The topological polar surface area (TPSA) is 121 Å². The molecule has 0 saturated heterocycles. The number of allylic oxidation sites excluding steroid dienone is 2. The number of hydrogen-bond acceptors (Lipinski definition) is 5. The summed E-state index contributed by atoms with van der Waals surface area (Å²) in [5, 5.41) is 10.5. The Morgan fingerprint density at radius 3 is 2.31 bits per heavy atom. The van der Waals surface area contributed by atoms with Gasteiger partial charge in [0.1, 0.15) is 0 Å². The van der Waals surface area contributed by atoms with Gasteiger partial charge < -0.3 is 17.2 Å². The number of nitrogens with two attached hydrogens (primary N) is 3. The van der Waals surface area contributed by atoms with Gasteiger partial charge in [0, 0.05) is 6.08 Å². The van der Waals surface area contributed by atoms with Gasteiger partial charge in [0.25, 0.3) is 5.70 Å². The van der Waals surface area contributed by atoms with E-state index in [0.717, 1.165) is 0 Å². The lowest BCUT2D eigenvalue weighted by Crippen LogP contribution is -2.65. The molecule has 16 heavy (non-hydrogen) atoms. The third-order valence-electron chi connectivity index (χ3n) is 2.17. The van der Waals surface area contributed by atoms with Gasteiger partial charge in [-0.05, 0) is 0 Å². The molecule has 0 spiro atoms. The van der Waals surface area contributed by atoms with Crippen LogP contribution in [0.25, 0.3) is 0 Å². The van der Waals surface area contributed by atoms with Gasteiger partial charge in [-0.2, -0.15) is 13.2 Å². The Balaban J connectivity index is 3.27. The summed E-state index contributed by atoms with van der Waals surface area (Å²) < 4.78 is 37.0. The van der Waals surface area contributed by atoms with Crippen molar-refractivity contribution in [1.82, 2.24) is 0 Å². The maximum Gasteiger partial charge on any atom is 0.416 e. The van der Waals surface area contributed by atoms with E-state index in [1.165, 1.54) is 0 Å². The molecule has 1 atom stereocenters. The molecule has 0 radical (unpaired) electrons. The van der Waals surface area contributed by atoms with Crippen molar-refractivity contribution in [3.8, 4) is 0 Å². The maximum atomic E-state index is 12.3. The van der Waals surface area contributed by atoms with Gasteiger partial charge in [-0.25, -0.2) is 0 Å². The van der Waals surface area contributed by atoms with Crippen molar-refractivity contribution in [2.45, 2.75) is 17.9 Å². The quantitative estimate of drug-likeness (QED) is 0.325. The molecular formula is C7H9F3N4O2. The molecule has 0 bridgehead atoms. The van der Waals surface area contributed by atoms with Crippen LogP contribution < -0.4 is 17.2 Å². The molecule has 9 heteroatoms. The van der Waals surface area contributed by atoms with E-state index in [-0.39, 0.29) is 0 Å². The summed E-state index contributed by atoms with van der Waals surface area (Å²) in [6.45, 7) is 0. The number of nitrogens with zero attached hydrogens (tertiary/aromatic N) is 1. The van der Waals surface area contributed by atoms with Crippen LogP contribution in [0.1, 0.15) is 0 Å². The fourth-order valence-electron chi connectivity index (χ4n) is 1.21. The molecule has 0 aliphatic heterocycles. The third-order valence-corrected chi connectivity index (χ3v) is 2.17. The fourth-order valence-corrected chi connectivity index (χ4v) is 1.21. The Hall–Kier alpha value is -1.45. The molecule has 0 aromatic carbocycles. The lowest BCUT2D eigenvalue weighted by atomic mass is 9.90. The average molecular weight is 238 g/mol. The number of hydrogen-bond donors (Lipinski definition) is 3. The molecule has 0 aromatic rings. The lowest BCUT2D eigenvalue weighted by Gasteiger charge is -2.30. The van der Waals surface area contributed by atoms with Crippen LogP contribution in [0.5, 0.6) is 0 Å². The van der Waals surface area contributed by atoms with Crippen LogP contribution in [-0.2, 0) is 0 Å². The SMILES string of the molecule is NC1C=C(C(F)(F)F)C=C([N+](=O)[O-])C1(N)N. The van der Waals surface area contributed by atoms with Crippen molar-refractivity contribution in [1.29, 1.82) is 0 Å². The van der Waals surface area contributed by atoms with Crippen molar-refractivity contribution >= 4 is 0 Å². The van der Waals surface area contributed by atoms with Crippen LogP contribution in [0.2, 0.25) is 0 Å². The van der Waals surface area contributed by atoms with Crippen molar-refractivity contribution in [2.24, 2.45) is 17.2 Å². The monoisotopic (exact) mass is 238 g/mol. The van der Waals surface area contributed by atoms with E-state index >= 15 is 0 Å². The van der Waals surface area contributed by atoms with Crippen LogP contribution in [-0.4, -0.2) is 22.8 Å². The molecule has 1 rings (SSSR count). The fraction of sp³-hybridized carbons (Fsp3) is 0.429. The Labute approximate surface area is 87.7 Å². The first-order valence-electron chi connectivity index (χ1n) is 4.05. The van der Waals surface area contributed by atoms with Gasteiger partial charge in [0.2, 0.25) is 0 Å². The largest absolute Gasteiger partial charge is 0.416 e. The van der Waals surface area contributed by atoms with Crippen molar-refractivity contribution in [2.75, 3.05) is 0 Å². The number of rotatable bonds is 1. The van der Waals surface area contributed by atoms with Crippen molar-refractivity contribution in [3.05, 3.63) is 33.5 Å². The molecule has 1 unspecified atom stereocenters. The summed E-state index contributed by atoms with van der Waals surface area (Å²) >= 11 is 0. The normalized spacial score (nSPS) is 24.8. The summed E-state index contributed by atoms with van der Waals surface area (Å²) in [4.78, 5) is 9.44. The third kappa shape index (κ3) is 2.05. The Morgan fingerprint density at radius 2 is 1.94 bits per heavy atom. The highest BCUT2D eigenvalue weighted by Gasteiger charge is 2.47. The molecule has 0 saturated carbocycles. The zero-order valence-electron chi connectivity index (χ0n) is 7.86. The summed E-state index contributed by atoms with van der Waals surface area (Å²) in [5.41, 5.74) is 11.6. The van der Waals surface area contributed by atoms with E-state index in [1.807, 2.05) is 0 Å². The second-order valence-corrected chi connectivity index (χ2v) is 3.37.